The molecule has 1 heterocycles. The maximum atomic E-state index is 11.8. The fourth-order valence-electron chi connectivity index (χ4n) is 3.71. The highest BCUT2D eigenvalue weighted by Gasteiger charge is 2.51. The zero-order valence-corrected chi connectivity index (χ0v) is 19.9. The van der Waals surface area contributed by atoms with Crippen molar-refractivity contribution in [3.8, 4) is 11.5 Å². The average molecular weight is 441 g/mol. The SMILES string of the molecule is CC.CC.CC.CCC[C@]12C=CC(=O)C[C@H]1Oc1c(O)cc(Br)c(CC)c12. The van der Waals surface area contributed by atoms with Gasteiger partial charge in [-0.05, 0) is 30.5 Å². The Kier molecular flexibility index (Phi) is 11.6. The standard InChI is InChI=1S/C17H19BrO3.3C2H6/c1-3-6-17-7-5-10(19)8-14(17)21-16-13(20)9-12(18)11(4-2)15(16)17;3*1-2/h5,7,9,14,20H,3-4,6,8H2,1-2H3;3*1-2H3/t14-,17+;;;/m1.../s1. The molecular formula is C23H37BrO3. The number of aromatic hydroxyl groups is 1. The van der Waals surface area contributed by atoms with Crippen molar-refractivity contribution in [2.75, 3.05) is 0 Å². The molecule has 0 unspecified atom stereocenters. The van der Waals surface area contributed by atoms with Crippen molar-refractivity contribution < 1.29 is 14.6 Å². The fourth-order valence-corrected chi connectivity index (χ4v) is 4.41. The highest BCUT2D eigenvalue weighted by molar-refractivity contribution is 9.10. The quantitative estimate of drug-likeness (QED) is 0.543. The minimum atomic E-state index is -0.287. The van der Waals surface area contributed by atoms with Crippen molar-refractivity contribution in [2.24, 2.45) is 0 Å². The van der Waals surface area contributed by atoms with Crippen LogP contribution in [0.25, 0.3) is 0 Å². The second-order valence-corrected chi connectivity index (χ2v) is 6.67. The van der Waals surface area contributed by atoms with Crippen LogP contribution in [0.3, 0.4) is 0 Å². The summed E-state index contributed by atoms with van der Waals surface area (Å²) < 4.78 is 6.93. The lowest BCUT2D eigenvalue weighted by Crippen LogP contribution is -2.41. The van der Waals surface area contributed by atoms with Gasteiger partial charge in [-0.1, -0.05) is 83.8 Å². The number of halogens is 1. The molecule has 1 aliphatic heterocycles. The van der Waals surface area contributed by atoms with Crippen molar-refractivity contribution in [1.82, 2.24) is 0 Å². The molecule has 0 bridgehead atoms. The molecule has 1 aromatic rings. The second-order valence-electron chi connectivity index (χ2n) is 5.81. The Morgan fingerprint density at radius 1 is 1.19 bits per heavy atom. The van der Waals surface area contributed by atoms with E-state index in [4.69, 9.17) is 4.74 Å². The van der Waals surface area contributed by atoms with E-state index >= 15 is 0 Å². The molecular weight excluding hydrogens is 404 g/mol. The Hall–Kier alpha value is -1.29. The van der Waals surface area contributed by atoms with Crippen molar-refractivity contribution >= 4 is 21.7 Å². The van der Waals surface area contributed by atoms with Gasteiger partial charge in [0.05, 0.1) is 5.41 Å². The molecule has 4 heteroatoms. The molecule has 0 saturated carbocycles. The number of phenols is 1. The van der Waals surface area contributed by atoms with Gasteiger partial charge in [0, 0.05) is 16.5 Å². The van der Waals surface area contributed by atoms with Crippen molar-refractivity contribution in [3.63, 3.8) is 0 Å². The highest BCUT2D eigenvalue weighted by atomic mass is 79.9. The Labute approximate surface area is 174 Å². The summed E-state index contributed by atoms with van der Waals surface area (Å²) in [5.74, 6) is 0.809. The monoisotopic (exact) mass is 440 g/mol. The molecule has 2 atom stereocenters. The molecule has 0 fully saturated rings. The van der Waals surface area contributed by atoms with Gasteiger partial charge < -0.3 is 9.84 Å². The summed E-state index contributed by atoms with van der Waals surface area (Å²) in [5.41, 5.74) is 1.94. The first-order chi connectivity index (χ1) is 13.0. The van der Waals surface area contributed by atoms with Crippen LogP contribution < -0.4 is 4.74 Å². The Balaban J connectivity index is 0.00000103. The fraction of sp³-hybridized carbons (Fsp3) is 0.609. The normalized spacial score (nSPS) is 21.2. The van der Waals surface area contributed by atoms with Gasteiger partial charge in [-0.2, -0.15) is 0 Å². The molecule has 2 aliphatic rings. The molecule has 0 radical (unpaired) electrons. The minimum Gasteiger partial charge on any atom is -0.504 e. The number of hydrogen-bond donors (Lipinski definition) is 1. The number of hydrogen-bond acceptors (Lipinski definition) is 3. The topological polar surface area (TPSA) is 46.5 Å². The van der Waals surface area contributed by atoms with E-state index in [0.717, 1.165) is 34.9 Å². The molecule has 0 amide bonds. The first-order valence-corrected chi connectivity index (χ1v) is 11.3. The van der Waals surface area contributed by atoms with Crippen molar-refractivity contribution in [2.45, 2.75) is 92.6 Å². The predicted molar refractivity (Wildman–Crippen MR) is 119 cm³/mol. The van der Waals surface area contributed by atoms with Crippen LogP contribution in [0.4, 0.5) is 0 Å². The Bertz CT molecular complexity index is 637. The maximum Gasteiger partial charge on any atom is 0.165 e. The number of ether oxygens (including phenoxy) is 1. The highest BCUT2D eigenvalue weighted by Crippen LogP contribution is 2.55. The van der Waals surface area contributed by atoms with Crippen LogP contribution in [0, 0.1) is 0 Å². The van der Waals surface area contributed by atoms with Gasteiger partial charge in [0.25, 0.3) is 0 Å². The maximum absolute atomic E-state index is 11.8. The third-order valence-electron chi connectivity index (χ3n) is 4.58. The molecule has 3 rings (SSSR count). The lowest BCUT2D eigenvalue weighted by atomic mass is 9.68. The summed E-state index contributed by atoms with van der Waals surface area (Å²) in [4.78, 5) is 11.8. The molecule has 0 spiro atoms. The first kappa shape index (κ1) is 25.7. The summed E-state index contributed by atoms with van der Waals surface area (Å²) in [5, 5.41) is 10.3. The molecule has 1 aromatic carbocycles. The van der Waals surface area contributed by atoms with Gasteiger partial charge in [0.15, 0.2) is 17.3 Å². The number of phenolic OH excluding ortho intramolecular Hbond substituents is 1. The summed E-state index contributed by atoms with van der Waals surface area (Å²) in [6, 6.07) is 1.69. The molecule has 1 aliphatic carbocycles. The number of benzene rings is 1. The predicted octanol–water partition coefficient (Wildman–Crippen LogP) is 7.12. The zero-order valence-electron chi connectivity index (χ0n) is 18.3. The summed E-state index contributed by atoms with van der Waals surface area (Å²) in [6.07, 6.45) is 6.63. The zero-order chi connectivity index (χ0) is 21.2. The van der Waals surface area contributed by atoms with Gasteiger partial charge in [-0.25, -0.2) is 0 Å². The number of allylic oxidation sites excluding steroid dienone is 1. The number of ketones is 1. The third-order valence-corrected chi connectivity index (χ3v) is 5.29. The van der Waals surface area contributed by atoms with Crippen LogP contribution in [0.1, 0.15) is 85.8 Å². The molecule has 0 aromatic heterocycles. The van der Waals surface area contributed by atoms with E-state index in [9.17, 15) is 9.90 Å². The van der Waals surface area contributed by atoms with Gasteiger partial charge in [0.2, 0.25) is 0 Å². The first-order valence-electron chi connectivity index (χ1n) is 10.5. The van der Waals surface area contributed by atoms with E-state index in [1.165, 1.54) is 0 Å². The average Bonchev–Trinajstić information content (AvgIpc) is 3.02. The van der Waals surface area contributed by atoms with E-state index in [1.807, 2.05) is 47.6 Å². The number of carbonyl (C=O) groups is 1. The van der Waals surface area contributed by atoms with Crippen LogP contribution in [0.15, 0.2) is 22.7 Å². The Morgan fingerprint density at radius 2 is 1.78 bits per heavy atom. The summed E-state index contributed by atoms with van der Waals surface area (Å²) in [6.45, 7) is 16.2. The molecule has 3 nitrogen and oxygen atoms in total. The van der Waals surface area contributed by atoms with Crippen LogP contribution in [0.2, 0.25) is 0 Å². The Morgan fingerprint density at radius 3 is 2.30 bits per heavy atom. The third kappa shape index (κ3) is 4.96. The van der Waals surface area contributed by atoms with Gasteiger partial charge in [-0.3, -0.25) is 4.79 Å². The van der Waals surface area contributed by atoms with Crippen molar-refractivity contribution in [3.05, 3.63) is 33.8 Å². The van der Waals surface area contributed by atoms with E-state index in [1.54, 1.807) is 12.1 Å². The van der Waals surface area contributed by atoms with Crippen LogP contribution in [0.5, 0.6) is 11.5 Å². The van der Waals surface area contributed by atoms with E-state index < -0.39 is 0 Å². The molecule has 0 saturated heterocycles. The van der Waals surface area contributed by atoms with E-state index in [2.05, 4.69) is 29.8 Å². The van der Waals surface area contributed by atoms with Crippen LogP contribution in [-0.4, -0.2) is 17.0 Å². The van der Waals surface area contributed by atoms with E-state index in [-0.39, 0.29) is 23.1 Å². The van der Waals surface area contributed by atoms with Gasteiger partial charge in [-0.15, -0.1) is 0 Å². The smallest absolute Gasteiger partial charge is 0.165 e. The number of rotatable bonds is 3. The minimum absolute atomic E-state index is 0.0936. The van der Waals surface area contributed by atoms with Crippen molar-refractivity contribution in [1.29, 1.82) is 0 Å². The number of carbonyl (C=O) groups excluding carboxylic acids is 1. The van der Waals surface area contributed by atoms with Gasteiger partial charge in [0.1, 0.15) is 6.10 Å². The summed E-state index contributed by atoms with van der Waals surface area (Å²) >= 11 is 3.56. The lowest BCUT2D eigenvalue weighted by Gasteiger charge is -2.34. The van der Waals surface area contributed by atoms with Gasteiger partial charge >= 0.3 is 0 Å². The summed E-state index contributed by atoms with van der Waals surface area (Å²) in [7, 11) is 0. The molecule has 27 heavy (non-hydrogen) atoms. The van der Waals surface area contributed by atoms with E-state index in [0.29, 0.717) is 12.2 Å². The number of fused-ring (bicyclic) bond motifs is 3. The van der Waals surface area contributed by atoms with Crippen LogP contribution >= 0.6 is 15.9 Å². The lowest BCUT2D eigenvalue weighted by molar-refractivity contribution is -0.117. The largest absolute Gasteiger partial charge is 0.504 e. The molecule has 154 valence electrons. The van der Waals surface area contributed by atoms with Crippen LogP contribution in [-0.2, 0) is 16.6 Å². The molecule has 1 N–H and O–H groups in total. The second kappa shape index (κ2) is 12.2.